The highest BCUT2D eigenvalue weighted by Crippen LogP contribution is 2.35. The predicted molar refractivity (Wildman–Crippen MR) is 30.1 cm³/mol. The molecule has 0 aliphatic heterocycles. The first-order chi connectivity index (χ1) is 6.13. The summed E-state index contributed by atoms with van der Waals surface area (Å²) < 4.78 is 69.6. The summed E-state index contributed by atoms with van der Waals surface area (Å²) >= 11 is 0. The maximum atomic E-state index is 12.0. The number of alkyl halides is 6. The van der Waals surface area contributed by atoms with Gasteiger partial charge in [-0.2, -0.15) is 22.0 Å². The number of nitrogens with one attached hydrogen (secondary N) is 1. The van der Waals surface area contributed by atoms with Gasteiger partial charge in [-0.15, -0.1) is 0 Å². The van der Waals surface area contributed by atoms with Gasteiger partial charge in [0, 0.05) is 0 Å². The van der Waals surface area contributed by atoms with E-state index < -0.39 is 30.6 Å². The zero-order valence-corrected chi connectivity index (χ0v) is 6.29. The van der Waals surface area contributed by atoms with Crippen LogP contribution in [0.2, 0.25) is 0 Å². The van der Waals surface area contributed by atoms with Gasteiger partial charge >= 0.3 is 18.0 Å². The lowest BCUT2D eigenvalue weighted by Crippen LogP contribution is -2.52. The van der Waals surface area contributed by atoms with Crippen molar-refractivity contribution in [2.75, 3.05) is 6.67 Å². The summed E-state index contributed by atoms with van der Waals surface area (Å²) in [5.41, 5.74) is 0. The van der Waals surface area contributed by atoms with E-state index in [4.69, 9.17) is 0 Å². The van der Waals surface area contributed by atoms with E-state index in [9.17, 15) is 35.9 Å². The number of amides is 2. The molecule has 0 aromatic heterocycles. The normalized spacial score (nSPS) is 12.4. The molecule has 0 atom stereocenters. The highest BCUT2D eigenvalue weighted by atomic mass is 19.4. The molecule has 9 heteroatoms. The molecule has 0 radical (unpaired) electrons. The molecular weight excluding hydrogens is 220 g/mol. The summed E-state index contributed by atoms with van der Waals surface area (Å²) in [6.07, 6.45) is -6.12. The van der Waals surface area contributed by atoms with Gasteiger partial charge in [0.1, 0.15) is 0 Å². The predicted octanol–water partition coefficient (Wildman–Crippen LogP) is 0.796. The standard InChI is InChI=1S/C5H3F6NO2/c6-1-2(13)12-3(14)4(7,8)5(9,10)11/h1H2,(H,12,13,14). The molecule has 0 bridgehead atoms. The molecule has 2 amide bonds. The van der Waals surface area contributed by atoms with Gasteiger partial charge in [-0.3, -0.25) is 14.9 Å². The number of carbonyl (C=O) groups excluding carboxylic acids is 2. The Hall–Kier alpha value is -1.28. The van der Waals surface area contributed by atoms with Gasteiger partial charge in [0.15, 0.2) is 6.67 Å². The van der Waals surface area contributed by atoms with Gasteiger partial charge in [0.25, 0.3) is 5.91 Å². The van der Waals surface area contributed by atoms with E-state index in [1.807, 2.05) is 0 Å². The Morgan fingerprint density at radius 2 is 1.50 bits per heavy atom. The topological polar surface area (TPSA) is 46.2 Å². The first-order valence-electron chi connectivity index (χ1n) is 2.97. The van der Waals surface area contributed by atoms with Crippen LogP contribution in [0.3, 0.4) is 0 Å². The maximum absolute atomic E-state index is 12.0. The van der Waals surface area contributed by atoms with Crippen molar-refractivity contribution in [2.24, 2.45) is 0 Å². The highest BCUT2D eigenvalue weighted by molar-refractivity contribution is 5.99. The fraction of sp³-hybridized carbons (Fsp3) is 0.600. The lowest BCUT2D eigenvalue weighted by Gasteiger charge is -2.17. The van der Waals surface area contributed by atoms with Crippen molar-refractivity contribution in [3.63, 3.8) is 0 Å². The molecule has 0 heterocycles. The van der Waals surface area contributed by atoms with Crippen molar-refractivity contribution in [2.45, 2.75) is 12.1 Å². The van der Waals surface area contributed by atoms with Gasteiger partial charge in [-0.1, -0.05) is 0 Å². The van der Waals surface area contributed by atoms with Crippen LogP contribution < -0.4 is 5.32 Å². The van der Waals surface area contributed by atoms with Crippen LogP contribution in [0, 0.1) is 0 Å². The quantitative estimate of drug-likeness (QED) is 0.703. The first kappa shape index (κ1) is 12.7. The number of imide groups is 1. The zero-order valence-electron chi connectivity index (χ0n) is 6.29. The Kier molecular flexibility index (Phi) is 3.49. The van der Waals surface area contributed by atoms with E-state index >= 15 is 0 Å². The number of carbonyl (C=O) groups is 2. The Morgan fingerprint density at radius 1 is 1.07 bits per heavy atom. The van der Waals surface area contributed by atoms with E-state index in [-0.39, 0.29) is 0 Å². The molecule has 0 spiro atoms. The summed E-state index contributed by atoms with van der Waals surface area (Å²) in [4.78, 5) is 20.1. The van der Waals surface area contributed by atoms with Gasteiger partial charge in [0.05, 0.1) is 0 Å². The van der Waals surface area contributed by atoms with Crippen molar-refractivity contribution in [1.29, 1.82) is 0 Å². The van der Waals surface area contributed by atoms with Gasteiger partial charge in [0.2, 0.25) is 0 Å². The van der Waals surface area contributed by atoms with Crippen LogP contribution in [0.4, 0.5) is 26.3 Å². The second kappa shape index (κ2) is 3.84. The van der Waals surface area contributed by atoms with Crippen molar-refractivity contribution in [1.82, 2.24) is 5.32 Å². The van der Waals surface area contributed by atoms with Crippen LogP contribution >= 0.6 is 0 Å². The lowest BCUT2D eigenvalue weighted by molar-refractivity contribution is -0.269. The average Bonchev–Trinajstić information content (AvgIpc) is 2.01. The number of hydrogen-bond acceptors (Lipinski definition) is 2. The smallest absolute Gasteiger partial charge is 0.289 e. The SMILES string of the molecule is O=C(CF)NC(=O)C(F)(F)C(F)(F)F. The van der Waals surface area contributed by atoms with Crippen molar-refractivity contribution in [3.8, 4) is 0 Å². The minimum atomic E-state index is -6.12. The molecule has 0 aromatic rings. The van der Waals surface area contributed by atoms with E-state index in [2.05, 4.69) is 0 Å². The molecule has 3 nitrogen and oxygen atoms in total. The fourth-order valence-electron chi connectivity index (χ4n) is 0.367. The summed E-state index contributed by atoms with van der Waals surface area (Å²) in [5, 5.41) is 0.554. The Bertz CT molecular complexity index is 247. The molecule has 0 saturated carbocycles. The third-order valence-corrected chi connectivity index (χ3v) is 1.02. The van der Waals surface area contributed by atoms with Crippen molar-refractivity contribution < 1.29 is 35.9 Å². The van der Waals surface area contributed by atoms with Crippen LogP contribution in [-0.4, -0.2) is 30.6 Å². The van der Waals surface area contributed by atoms with Crippen LogP contribution in [0.25, 0.3) is 0 Å². The second-order valence-electron chi connectivity index (χ2n) is 2.08. The molecule has 0 rings (SSSR count). The molecule has 0 aliphatic carbocycles. The molecular formula is C5H3F6NO2. The Labute approximate surface area is 73.1 Å². The minimum absolute atomic E-state index is 0.554. The maximum Gasteiger partial charge on any atom is 0.463 e. The van der Waals surface area contributed by atoms with E-state index in [0.29, 0.717) is 5.32 Å². The molecule has 82 valence electrons. The highest BCUT2D eigenvalue weighted by Gasteiger charge is 2.63. The lowest BCUT2D eigenvalue weighted by atomic mass is 10.3. The number of halogens is 6. The van der Waals surface area contributed by atoms with Crippen LogP contribution in [0.15, 0.2) is 0 Å². The summed E-state index contributed by atoms with van der Waals surface area (Å²) in [5.74, 6) is -10.5. The van der Waals surface area contributed by atoms with Crippen molar-refractivity contribution in [3.05, 3.63) is 0 Å². The van der Waals surface area contributed by atoms with E-state index in [1.165, 1.54) is 0 Å². The number of hydrogen-bond donors (Lipinski definition) is 1. The first-order valence-corrected chi connectivity index (χ1v) is 2.97. The molecule has 0 aliphatic rings. The second-order valence-corrected chi connectivity index (χ2v) is 2.08. The van der Waals surface area contributed by atoms with E-state index in [0.717, 1.165) is 0 Å². The zero-order chi connectivity index (χ0) is 11.6. The third kappa shape index (κ3) is 2.60. The van der Waals surface area contributed by atoms with Gasteiger partial charge in [-0.25, -0.2) is 4.39 Å². The molecule has 0 unspecified atom stereocenters. The summed E-state index contributed by atoms with van der Waals surface area (Å²) in [6.45, 7) is -1.86. The van der Waals surface area contributed by atoms with E-state index in [1.54, 1.807) is 0 Å². The number of rotatable bonds is 2. The minimum Gasteiger partial charge on any atom is -0.289 e. The van der Waals surface area contributed by atoms with Gasteiger partial charge in [-0.05, 0) is 0 Å². The summed E-state index contributed by atoms with van der Waals surface area (Å²) in [7, 11) is 0. The molecule has 1 N–H and O–H groups in total. The monoisotopic (exact) mass is 223 g/mol. The molecule has 14 heavy (non-hydrogen) atoms. The molecule has 0 aromatic carbocycles. The average molecular weight is 223 g/mol. The fourth-order valence-corrected chi connectivity index (χ4v) is 0.367. The molecule has 0 saturated heterocycles. The Balaban J connectivity index is 4.61. The largest absolute Gasteiger partial charge is 0.463 e. The van der Waals surface area contributed by atoms with Crippen LogP contribution in [0.5, 0.6) is 0 Å². The van der Waals surface area contributed by atoms with Crippen LogP contribution in [-0.2, 0) is 9.59 Å². The van der Waals surface area contributed by atoms with Gasteiger partial charge < -0.3 is 0 Å². The van der Waals surface area contributed by atoms with Crippen molar-refractivity contribution >= 4 is 11.8 Å². The molecule has 0 fully saturated rings. The third-order valence-electron chi connectivity index (χ3n) is 1.02. The Morgan fingerprint density at radius 3 is 1.79 bits per heavy atom. The summed E-state index contributed by atoms with van der Waals surface area (Å²) in [6, 6.07) is 0. The van der Waals surface area contributed by atoms with Crippen LogP contribution in [0.1, 0.15) is 0 Å².